The van der Waals surface area contributed by atoms with Gasteiger partial charge in [0.2, 0.25) is 5.91 Å². The van der Waals surface area contributed by atoms with Gasteiger partial charge >= 0.3 is 6.03 Å². The Hall–Kier alpha value is -3.11. The molecule has 0 spiro atoms. The Labute approximate surface area is 229 Å². The molecule has 0 radical (unpaired) electrons. The van der Waals surface area contributed by atoms with Gasteiger partial charge < -0.3 is 26.4 Å². The Morgan fingerprint density at radius 2 is 1.67 bits per heavy atom. The molecule has 0 saturated carbocycles. The zero-order valence-corrected chi connectivity index (χ0v) is 22.9. The molecule has 0 aliphatic rings. The van der Waals surface area contributed by atoms with Gasteiger partial charge in [-0.25, -0.2) is 18.0 Å². The van der Waals surface area contributed by atoms with Gasteiger partial charge in [-0.1, -0.05) is 51.0 Å². The first-order chi connectivity index (χ1) is 18.6. The molecule has 216 valence electrons. The zero-order valence-electron chi connectivity index (χ0n) is 22.9. The van der Waals surface area contributed by atoms with Crippen molar-refractivity contribution in [3.8, 4) is 0 Å². The summed E-state index contributed by atoms with van der Waals surface area (Å²) in [5.41, 5.74) is 2.42. The minimum absolute atomic E-state index is 0.0644. The second kappa shape index (κ2) is 16.8. The highest BCUT2D eigenvalue weighted by atomic mass is 19.1. The van der Waals surface area contributed by atoms with Crippen molar-refractivity contribution in [2.45, 2.75) is 83.3 Å². The van der Waals surface area contributed by atoms with E-state index in [-0.39, 0.29) is 31.4 Å². The van der Waals surface area contributed by atoms with Crippen LogP contribution in [-0.4, -0.2) is 55.0 Å². The van der Waals surface area contributed by atoms with E-state index < -0.39 is 47.9 Å². The van der Waals surface area contributed by atoms with E-state index in [1.165, 1.54) is 12.6 Å². The molecule has 0 heterocycles. The van der Waals surface area contributed by atoms with Crippen molar-refractivity contribution in [1.82, 2.24) is 21.3 Å². The maximum absolute atomic E-state index is 14.6. The van der Waals surface area contributed by atoms with Gasteiger partial charge in [0, 0.05) is 32.6 Å². The summed E-state index contributed by atoms with van der Waals surface area (Å²) in [7, 11) is 1.38. The van der Waals surface area contributed by atoms with Crippen LogP contribution in [0.2, 0.25) is 0 Å². The van der Waals surface area contributed by atoms with Crippen LogP contribution in [0, 0.1) is 11.6 Å². The molecular formula is C29H41F3N4O3. The maximum atomic E-state index is 14.6. The van der Waals surface area contributed by atoms with E-state index in [0.29, 0.717) is 13.0 Å². The van der Waals surface area contributed by atoms with E-state index >= 15 is 0 Å². The summed E-state index contributed by atoms with van der Waals surface area (Å²) >= 11 is 0. The van der Waals surface area contributed by atoms with E-state index in [1.807, 2.05) is 25.1 Å². The molecule has 0 aliphatic heterocycles. The number of rotatable bonds is 16. The van der Waals surface area contributed by atoms with Gasteiger partial charge in [0.1, 0.15) is 23.8 Å². The number of amides is 3. The first-order valence-electron chi connectivity index (χ1n) is 13.5. The average molecular weight is 551 g/mol. The third-order valence-corrected chi connectivity index (χ3v) is 6.46. The van der Waals surface area contributed by atoms with Crippen LogP contribution in [0.1, 0.15) is 56.2 Å². The predicted molar refractivity (Wildman–Crippen MR) is 146 cm³/mol. The second-order valence-electron chi connectivity index (χ2n) is 9.72. The lowest BCUT2D eigenvalue weighted by atomic mass is 9.99. The highest BCUT2D eigenvalue weighted by Gasteiger charge is 2.29. The largest absolute Gasteiger partial charge is 0.390 e. The maximum Gasteiger partial charge on any atom is 0.315 e. The summed E-state index contributed by atoms with van der Waals surface area (Å²) in [5.74, 6) is -2.27. The van der Waals surface area contributed by atoms with Gasteiger partial charge in [-0.15, -0.1) is 0 Å². The van der Waals surface area contributed by atoms with Gasteiger partial charge in [-0.2, -0.15) is 0 Å². The fraction of sp³-hybridized carbons (Fsp3) is 0.517. The predicted octanol–water partition coefficient (Wildman–Crippen LogP) is 3.92. The summed E-state index contributed by atoms with van der Waals surface area (Å²) in [4.78, 5) is 25.2. The van der Waals surface area contributed by atoms with E-state index in [4.69, 9.17) is 0 Å². The number of aliphatic hydroxyl groups excluding tert-OH is 1. The highest BCUT2D eigenvalue weighted by molar-refractivity contribution is 5.87. The first-order valence-corrected chi connectivity index (χ1v) is 13.5. The van der Waals surface area contributed by atoms with Crippen molar-refractivity contribution in [1.29, 1.82) is 0 Å². The summed E-state index contributed by atoms with van der Waals surface area (Å²) in [6.07, 6.45) is -0.260. The highest BCUT2D eigenvalue weighted by Crippen LogP contribution is 2.15. The van der Waals surface area contributed by atoms with Crippen molar-refractivity contribution >= 4 is 11.9 Å². The number of nitrogens with one attached hydrogen (secondary N) is 4. The van der Waals surface area contributed by atoms with Gasteiger partial charge in [0.25, 0.3) is 0 Å². The summed E-state index contributed by atoms with van der Waals surface area (Å²) in [6.45, 7) is 4.51. The molecule has 0 bridgehead atoms. The molecule has 7 nitrogen and oxygen atoms in total. The SMILES string of the molecule is CCCCC(F)C[C@@H](NC(=O)NC)C(=O)N[C@@H](Cc1cc(F)cc(F)c1)[C@H](O)CNCc1cccc(CC)c1. The van der Waals surface area contributed by atoms with Crippen molar-refractivity contribution < 1.29 is 27.9 Å². The number of hydrogen-bond acceptors (Lipinski definition) is 4. The minimum atomic E-state index is -1.32. The second-order valence-corrected chi connectivity index (χ2v) is 9.72. The van der Waals surface area contributed by atoms with Crippen molar-refractivity contribution in [3.63, 3.8) is 0 Å². The number of carbonyl (C=O) groups excluding carboxylic acids is 2. The standard InChI is InChI=1S/C29H41F3N4O3/c1-4-6-10-22(30)16-26(36-29(39)33-3)28(38)35-25(14-21-12-23(31)15-24(32)13-21)27(37)18-34-17-20-9-7-8-19(5-2)11-20/h7-9,11-13,15,22,25-27,34,37H,4-6,10,14,16-18H2,1-3H3,(H,35,38)(H2,33,36,39)/t22?,25-,26+,27+/m0/s1. The monoisotopic (exact) mass is 550 g/mol. The third kappa shape index (κ3) is 11.7. The van der Waals surface area contributed by atoms with Crippen LogP contribution >= 0.6 is 0 Å². The summed E-state index contributed by atoms with van der Waals surface area (Å²) in [5, 5.41) is 21.6. The lowest BCUT2D eigenvalue weighted by Crippen LogP contribution is -2.56. The zero-order chi connectivity index (χ0) is 28.8. The van der Waals surface area contributed by atoms with Crippen LogP contribution in [0.3, 0.4) is 0 Å². The van der Waals surface area contributed by atoms with E-state index in [9.17, 15) is 27.9 Å². The molecule has 3 amide bonds. The fourth-order valence-electron chi connectivity index (χ4n) is 4.28. The van der Waals surface area contributed by atoms with E-state index in [2.05, 4.69) is 34.3 Å². The lowest BCUT2D eigenvalue weighted by Gasteiger charge is -2.28. The van der Waals surface area contributed by atoms with Crippen LogP contribution in [0.25, 0.3) is 0 Å². The molecule has 1 unspecified atom stereocenters. The van der Waals surface area contributed by atoms with Gasteiger partial charge in [-0.05, 0) is 48.1 Å². The average Bonchev–Trinajstić information content (AvgIpc) is 2.90. The molecule has 0 saturated heterocycles. The fourth-order valence-corrected chi connectivity index (χ4v) is 4.28. The molecule has 2 rings (SSSR count). The number of aliphatic hydroxyl groups is 1. The van der Waals surface area contributed by atoms with Crippen LogP contribution in [0.15, 0.2) is 42.5 Å². The molecule has 2 aromatic carbocycles. The number of benzene rings is 2. The Kier molecular flexibility index (Phi) is 13.8. The molecule has 0 aliphatic carbocycles. The van der Waals surface area contributed by atoms with Crippen LogP contribution in [-0.2, 0) is 24.2 Å². The van der Waals surface area contributed by atoms with Crippen molar-refractivity contribution in [2.24, 2.45) is 0 Å². The number of alkyl halides is 1. The molecule has 10 heteroatoms. The Balaban J connectivity index is 2.17. The summed E-state index contributed by atoms with van der Waals surface area (Å²) < 4.78 is 42.3. The molecular weight excluding hydrogens is 509 g/mol. The minimum Gasteiger partial charge on any atom is -0.390 e. The third-order valence-electron chi connectivity index (χ3n) is 6.46. The van der Waals surface area contributed by atoms with Crippen molar-refractivity contribution in [3.05, 3.63) is 70.8 Å². The number of urea groups is 1. The van der Waals surface area contributed by atoms with Crippen LogP contribution in [0.5, 0.6) is 0 Å². The van der Waals surface area contributed by atoms with Gasteiger partial charge in [-0.3, -0.25) is 4.79 Å². The normalized spacial score (nSPS) is 14.2. The van der Waals surface area contributed by atoms with Gasteiger partial charge in [0.15, 0.2) is 0 Å². The van der Waals surface area contributed by atoms with Crippen molar-refractivity contribution in [2.75, 3.05) is 13.6 Å². The topological polar surface area (TPSA) is 102 Å². The smallest absolute Gasteiger partial charge is 0.315 e. The molecule has 0 fully saturated rings. The Morgan fingerprint density at radius 1 is 0.974 bits per heavy atom. The molecule has 0 aromatic heterocycles. The lowest BCUT2D eigenvalue weighted by molar-refractivity contribution is -0.125. The molecule has 2 aromatic rings. The van der Waals surface area contributed by atoms with Crippen LogP contribution in [0.4, 0.5) is 18.0 Å². The molecule has 5 N–H and O–H groups in total. The van der Waals surface area contributed by atoms with E-state index in [0.717, 1.165) is 36.6 Å². The van der Waals surface area contributed by atoms with Gasteiger partial charge in [0.05, 0.1) is 12.1 Å². The number of unbranched alkanes of at least 4 members (excludes halogenated alkanes) is 1. The number of hydrogen-bond donors (Lipinski definition) is 5. The molecule has 39 heavy (non-hydrogen) atoms. The number of halogens is 3. The molecule has 4 atom stereocenters. The number of aryl methyl sites for hydroxylation is 1. The summed E-state index contributed by atoms with van der Waals surface area (Å²) in [6, 6.07) is 8.13. The Morgan fingerprint density at radius 3 is 2.31 bits per heavy atom. The van der Waals surface area contributed by atoms with E-state index in [1.54, 1.807) is 0 Å². The number of carbonyl (C=O) groups is 2. The first kappa shape index (κ1) is 32.1. The van der Waals surface area contributed by atoms with Crippen LogP contribution < -0.4 is 21.3 Å². The Bertz CT molecular complexity index is 1040. The quantitative estimate of drug-likeness (QED) is 0.219.